The maximum atomic E-state index is 13.7. The highest BCUT2D eigenvalue weighted by atomic mass is 16.7. The van der Waals surface area contributed by atoms with E-state index < -0.39 is 103 Å². The molecule has 366 valence electrons. The monoisotopic (exact) mass is 924 g/mol. The highest BCUT2D eigenvalue weighted by Gasteiger charge is 2.53. The summed E-state index contributed by atoms with van der Waals surface area (Å²) in [4.78, 5) is 40.3. The van der Waals surface area contributed by atoms with E-state index in [1.807, 2.05) is 67.6 Å². The Hall–Kier alpha value is -3.87. The fraction of sp³-hybridized carbons (Fsp3) is 0.627. The molecule has 3 N–H and O–H groups in total. The van der Waals surface area contributed by atoms with E-state index >= 15 is 0 Å². The number of aliphatic hydroxyl groups is 3. The summed E-state index contributed by atoms with van der Waals surface area (Å²) in [5.74, 6) is -1.99. The molecule has 2 saturated heterocycles. The van der Waals surface area contributed by atoms with Crippen molar-refractivity contribution in [2.45, 2.75) is 165 Å². The molecular weight excluding hydrogens is 851 g/mol. The van der Waals surface area contributed by atoms with Gasteiger partial charge in [-0.3, -0.25) is 9.59 Å². The third-order valence-corrected chi connectivity index (χ3v) is 12.8. The summed E-state index contributed by atoms with van der Waals surface area (Å²) in [5, 5.41) is 37.2. The van der Waals surface area contributed by atoms with Crippen LogP contribution in [-0.4, -0.2) is 152 Å². The van der Waals surface area contributed by atoms with Gasteiger partial charge in [0.05, 0.1) is 49.6 Å². The maximum Gasteiger partial charge on any atom is 0.308 e. The zero-order chi connectivity index (χ0) is 48.1. The number of allylic oxidation sites excluding steroid dienone is 2. The van der Waals surface area contributed by atoms with Gasteiger partial charge in [0.2, 0.25) is 0 Å². The Labute approximate surface area is 390 Å². The van der Waals surface area contributed by atoms with Crippen LogP contribution in [0.15, 0.2) is 72.8 Å². The Bertz CT molecular complexity index is 1950. The molecule has 15 heteroatoms. The first-order valence-electron chi connectivity index (χ1n) is 23.3. The predicted molar refractivity (Wildman–Crippen MR) is 248 cm³/mol. The zero-order valence-corrected chi connectivity index (χ0v) is 40.0. The zero-order valence-electron chi connectivity index (χ0n) is 40.0. The molecule has 0 radical (unpaired) electrons. The number of fused-ring (bicyclic) bond motifs is 1. The van der Waals surface area contributed by atoms with Gasteiger partial charge in [-0.15, -0.1) is 0 Å². The van der Waals surface area contributed by atoms with Crippen LogP contribution >= 0.6 is 0 Å². The number of carbonyl (C=O) groups is 3. The van der Waals surface area contributed by atoms with E-state index in [9.17, 15) is 29.7 Å². The summed E-state index contributed by atoms with van der Waals surface area (Å²) in [7, 11) is 5.04. The highest BCUT2D eigenvalue weighted by molar-refractivity contribution is 5.90. The average molecular weight is 924 g/mol. The van der Waals surface area contributed by atoms with Crippen molar-refractivity contribution >= 4 is 35.1 Å². The first kappa shape index (κ1) is 53.1. The number of cyclic esters (lactones) is 1. The summed E-state index contributed by atoms with van der Waals surface area (Å²) in [5.41, 5.74) is -0.497. The topological polar surface area (TPSA) is 189 Å². The molecule has 2 aromatic carbocycles. The lowest BCUT2D eigenvalue weighted by Gasteiger charge is -2.50. The Balaban J connectivity index is 1.47. The molecule has 3 aliphatic rings. The van der Waals surface area contributed by atoms with Crippen molar-refractivity contribution in [1.29, 1.82) is 0 Å². The third-order valence-electron chi connectivity index (χ3n) is 12.8. The van der Waals surface area contributed by atoms with Crippen LogP contribution in [-0.2, 0) is 52.3 Å². The van der Waals surface area contributed by atoms with Gasteiger partial charge < -0.3 is 62.9 Å². The van der Waals surface area contributed by atoms with E-state index in [0.29, 0.717) is 6.42 Å². The maximum absolute atomic E-state index is 13.7. The number of rotatable bonds is 14. The van der Waals surface area contributed by atoms with Crippen LogP contribution in [0.4, 0.5) is 0 Å². The normalized spacial score (nSPS) is 37.3. The number of aliphatic hydroxyl groups excluding tert-OH is 2. The van der Waals surface area contributed by atoms with Gasteiger partial charge in [-0.25, -0.2) is 0 Å². The minimum Gasteiger partial charge on any atom is -0.462 e. The van der Waals surface area contributed by atoms with Crippen LogP contribution in [0.25, 0.3) is 16.8 Å². The van der Waals surface area contributed by atoms with Gasteiger partial charge in [-0.05, 0) is 76.4 Å². The van der Waals surface area contributed by atoms with E-state index in [4.69, 9.17) is 37.9 Å². The Morgan fingerprint density at radius 3 is 2.41 bits per heavy atom. The lowest BCUT2D eigenvalue weighted by molar-refractivity contribution is -0.344. The molecule has 66 heavy (non-hydrogen) atoms. The van der Waals surface area contributed by atoms with E-state index in [1.54, 1.807) is 71.8 Å². The number of ether oxygens (including phenoxy) is 8. The van der Waals surface area contributed by atoms with E-state index in [0.717, 1.165) is 22.6 Å². The molecule has 0 unspecified atom stereocenters. The van der Waals surface area contributed by atoms with Crippen molar-refractivity contribution in [3.63, 3.8) is 0 Å². The molecule has 3 aliphatic heterocycles. The van der Waals surface area contributed by atoms with Crippen molar-refractivity contribution in [3.05, 3.63) is 78.4 Å². The number of aldehydes is 1. The number of methoxy groups -OCH3 is 1. The van der Waals surface area contributed by atoms with Crippen molar-refractivity contribution < 1.29 is 67.6 Å². The molecule has 0 bridgehead atoms. The van der Waals surface area contributed by atoms with Crippen LogP contribution < -0.4 is 0 Å². The van der Waals surface area contributed by atoms with Crippen LogP contribution in [0.5, 0.6) is 0 Å². The molecule has 0 amide bonds. The van der Waals surface area contributed by atoms with Crippen molar-refractivity contribution in [2.75, 3.05) is 27.8 Å². The van der Waals surface area contributed by atoms with Gasteiger partial charge in [-0.2, -0.15) is 0 Å². The Kier molecular flexibility index (Phi) is 20.1. The quantitative estimate of drug-likeness (QED) is 0.155. The van der Waals surface area contributed by atoms with Crippen molar-refractivity contribution in [3.8, 4) is 0 Å². The second kappa shape index (κ2) is 24.9. The lowest BCUT2D eigenvalue weighted by Crippen LogP contribution is -2.66. The molecule has 3 heterocycles. The SMILES string of the molecule is CCC(=O)O[C@H]1[C@H](C)O[C@@H](O[C@H]2[C@H](N(C)C)[C@@H](O)[C@H](O[C@H]3[C@@H](CC=O)C[C@@H](C)[C@@H](O)/C=C/C=C/C[C@@H](C)OC(=O)C[C@@H](OC/C=C/c4cccc5ccccc45)[C@@H]3OC)O[C@@H]2C)C[C@@]1(C)O. The van der Waals surface area contributed by atoms with Crippen LogP contribution in [0.2, 0.25) is 0 Å². The summed E-state index contributed by atoms with van der Waals surface area (Å²) in [6.07, 6.45) is 1.04. The van der Waals surface area contributed by atoms with Crippen LogP contribution in [0.1, 0.15) is 85.6 Å². The number of esters is 2. The second-order valence-corrected chi connectivity index (χ2v) is 18.4. The van der Waals surface area contributed by atoms with Crippen LogP contribution in [0, 0.1) is 11.8 Å². The summed E-state index contributed by atoms with van der Waals surface area (Å²) in [6, 6.07) is 13.3. The van der Waals surface area contributed by atoms with Crippen LogP contribution in [0.3, 0.4) is 0 Å². The second-order valence-electron chi connectivity index (χ2n) is 18.4. The van der Waals surface area contributed by atoms with Crippen molar-refractivity contribution in [2.24, 2.45) is 11.8 Å². The van der Waals surface area contributed by atoms with Gasteiger partial charge in [-0.1, -0.05) is 92.8 Å². The van der Waals surface area contributed by atoms with E-state index in [1.165, 1.54) is 7.11 Å². The number of benzene rings is 2. The number of nitrogens with zero attached hydrogens (tertiary/aromatic N) is 1. The standard InChI is InChI=1S/C51H73NO14/c1-10-41(55)64-49-34(5)62-43(30-51(49,6)58)65-46-33(4)63-50(45(57)44(46)52(7)8)66-47-37(25-26-53)28-31(2)39(54)24-13-11-12-18-32(3)61-42(56)29-40(48(47)59-9)60-27-17-22-36-21-16-20-35-19-14-15-23-38(35)36/h11-17,19-24,26,31-34,37,39-40,43-50,54,57-58H,10,18,25,27-30H2,1-9H3/b12-11+,22-17+,24-13+/t31-,32-,33-,34+,37+,39+,40-,43+,44-,45-,46-,47+,48+,49+,50+,51-/m1/s1. The van der Waals surface area contributed by atoms with Gasteiger partial charge in [0.15, 0.2) is 18.7 Å². The predicted octanol–water partition coefficient (Wildman–Crippen LogP) is 5.70. The minimum atomic E-state index is -1.48. The fourth-order valence-corrected chi connectivity index (χ4v) is 9.36. The molecule has 2 aromatic rings. The summed E-state index contributed by atoms with van der Waals surface area (Å²) in [6.45, 7) is 10.5. The number of hydrogen-bond donors (Lipinski definition) is 3. The average Bonchev–Trinajstić information content (AvgIpc) is 3.26. The molecule has 16 atom stereocenters. The van der Waals surface area contributed by atoms with Gasteiger partial charge in [0, 0.05) is 32.8 Å². The van der Waals surface area contributed by atoms with Crippen molar-refractivity contribution in [1.82, 2.24) is 4.90 Å². The largest absolute Gasteiger partial charge is 0.462 e. The van der Waals surface area contributed by atoms with E-state index in [-0.39, 0.29) is 44.6 Å². The third kappa shape index (κ3) is 14.1. The number of likely N-dealkylation sites (N-methyl/N-ethyl adjacent to an activating group) is 1. The molecule has 5 rings (SSSR count). The number of carbonyl (C=O) groups excluding carboxylic acids is 3. The molecular formula is C51H73NO14. The molecule has 0 aliphatic carbocycles. The van der Waals surface area contributed by atoms with E-state index in [2.05, 4.69) is 0 Å². The minimum absolute atomic E-state index is 0.0205. The van der Waals surface area contributed by atoms with Gasteiger partial charge >= 0.3 is 11.9 Å². The summed E-state index contributed by atoms with van der Waals surface area (Å²) < 4.78 is 50.3. The molecule has 0 aromatic heterocycles. The smallest absolute Gasteiger partial charge is 0.308 e. The first-order chi connectivity index (χ1) is 31.5. The molecule has 0 spiro atoms. The Morgan fingerprint density at radius 2 is 1.71 bits per heavy atom. The Morgan fingerprint density at radius 1 is 0.970 bits per heavy atom. The summed E-state index contributed by atoms with van der Waals surface area (Å²) >= 11 is 0. The molecule has 0 saturated carbocycles. The lowest BCUT2D eigenvalue weighted by atomic mass is 9.82. The molecule has 15 nitrogen and oxygen atoms in total. The first-order valence-corrected chi connectivity index (χ1v) is 23.3. The highest BCUT2D eigenvalue weighted by Crippen LogP contribution is 2.38. The van der Waals surface area contributed by atoms with Gasteiger partial charge in [0.1, 0.15) is 36.3 Å². The number of hydrogen-bond acceptors (Lipinski definition) is 15. The molecule has 2 fully saturated rings. The van der Waals surface area contributed by atoms with Gasteiger partial charge in [0.25, 0.3) is 0 Å². The fourth-order valence-electron chi connectivity index (χ4n) is 9.36.